The maximum Gasteiger partial charge on any atom is 0.416 e. The van der Waals surface area contributed by atoms with E-state index in [2.05, 4.69) is 0 Å². The van der Waals surface area contributed by atoms with Gasteiger partial charge in [-0.3, -0.25) is 14.9 Å². The molecule has 1 atom stereocenters. The second-order valence-electron chi connectivity index (χ2n) is 8.43. The minimum absolute atomic E-state index is 0.0476. The Kier molecular flexibility index (Phi) is 7.68. The lowest BCUT2D eigenvalue weighted by Crippen LogP contribution is -2.42. The summed E-state index contributed by atoms with van der Waals surface area (Å²) in [5.74, 6) is 0.123. The molecule has 12 heteroatoms. The monoisotopic (exact) mass is 550 g/mol. The van der Waals surface area contributed by atoms with E-state index in [9.17, 15) is 28.1 Å². The van der Waals surface area contributed by atoms with E-state index in [0.717, 1.165) is 23.8 Å². The number of methoxy groups -OCH3 is 2. The zero-order valence-corrected chi connectivity index (χ0v) is 21.0. The molecule has 200 valence electrons. The summed E-state index contributed by atoms with van der Waals surface area (Å²) in [6.45, 7) is -0.0779. The normalized spacial score (nSPS) is 15.0. The van der Waals surface area contributed by atoms with Crippen LogP contribution in [0.1, 0.15) is 33.1 Å². The molecule has 1 unspecified atom stereocenters. The number of hydrogen-bond donors (Lipinski definition) is 0. The summed E-state index contributed by atoms with van der Waals surface area (Å²) in [4.78, 5) is 26.0. The predicted molar refractivity (Wildman–Crippen MR) is 132 cm³/mol. The standard InChI is InChI=1S/C26H22ClF3N2O6/c1-36-23-10-15-8-9-31(25(33)20-12-17(27)6-7-21(20)32(34)35)22(19(15)13-24(23)37-2)14-38-18-5-3-4-16(11-18)26(28,29)30/h3-7,10-13,22H,8-9,14H2,1-2H3. The molecule has 0 fully saturated rings. The first-order valence-electron chi connectivity index (χ1n) is 11.3. The predicted octanol–water partition coefficient (Wildman–Crippen LogP) is 6.10. The minimum atomic E-state index is -4.56. The fraction of sp³-hybridized carbons (Fsp3) is 0.269. The smallest absolute Gasteiger partial charge is 0.416 e. The van der Waals surface area contributed by atoms with Gasteiger partial charge < -0.3 is 19.1 Å². The van der Waals surface area contributed by atoms with Crippen LogP contribution < -0.4 is 14.2 Å². The van der Waals surface area contributed by atoms with Gasteiger partial charge in [-0.15, -0.1) is 0 Å². The largest absolute Gasteiger partial charge is 0.493 e. The quantitative estimate of drug-likeness (QED) is 0.261. The molecule has 0 spiro atoms. The van der Waals surface area contributed by atoms with E-state index < -0.39 is 34.3 Å². The van der Waals surface area contributed by atoms with Crippen LogP contribution in [0.2, 0.25) is 5.02 Å². The van der Waals surface area contributed by atoms with Gasteiger partial charge in [0.1, 0.15) is 17.9 Å². The van der Waals surface area contributed by atoms with Crippen LogP contribution in [0.4, 0.5) is 18.9 Å². The topological polar surface area (TPSA) is 91.1 Å². The highest BCUT2D eigenvalue weighted by molar-refractivity contribution is 6.31. The Morgan fingerprint density at radius 2 is 1.82 bits per heavy atom. The molecule has 38 heavy (non-hydrogen) atoms. The van der Waals surface area contributed by atoms with Crippen molar-refractivity contribution in [2.45, 2.75) is 18.6 Å². The maximum atomic E-state index is 13.7. The first-order chi connectivity index (χ1) is 18.0. The summed E-state index contributed by atoms with van der Waals surface area (Å²) >= 11 is 6.05. The molecule has 1 aliphatic rings. The second-order valence-corrected chi connectivity index (χ2v) is 8.86. The number of rotatable bonds is 7. The van der Waals surface area contributed by atoms with Crippen molar-refractivity contribution in [3.8, 4) is 17.2 Å². The number of alkyl halides is 3. The minimum Gasteiger partial charge on any atom is -0.493 e. The van der Waals surface area contributed by atoms with Crippen LogP contribution in [0.15, 0.2) is 54.6 Å². The van der Waals surface area contributed by atoms with Crippen LogP contribution in [0.3, 0.4) is 0 Å². The van der Waals surface area contributed by atoms with Crippen LogP contribution in [0.25, 0.3) is 0 Å². The van der Waals surface area contributed by atoms with Crippen LogP contribution in [-0.2, 0) is 12.6 Å². The molecular formula is C26H22ClF3N2O6. The van der Waals surface area contributed by atoms with Crippen molar-refractivity contribution in [1.29, 1.82) is 0 Å². The van der Waals surface area contributed by atoms with Crippen molar-refractivity contribution in [1.82, 2.24) is 4.90 Å². The average molecular weight is 551 g/mol. The van der Waals surface area contributed by atoms with Gasteiger partial charge in [-0.05, 0) is 60.0 Å². The van der Waals surface area contributed by atoms with Gasteiger partial charge in [-0.25, -0.2) is 0 Å². The molecule has 0 aromatic heterocycles. The number of nitrogens with zero attached hydrogens (tertiary/aromatic N) is 2. The van der Waals surface area contributed by atoms with Gasteiger partial charge in [0.15, 0.2) is 11.5 Å². The van der Waals surface area contributed by atoms with Crippen LogP contribution >= 0.6 is 11.6 Å². The van der Waals surface area contributed by atoms with Crippen molar-refractivity contribution >= 4 is 23.2 Å². The number of benzene rings is 3. The Hall–Kier alpha value is -3.99. The lowest BCUT2D eigenvalue weighted by molar-refractivity contribution is -0.385. The number of nitro groups is 1. The van der Waals surface area contributed by atoms with Gasteiger partial charge in [-0.1, -0.05) is 17.7 Å². The van der Waals surface area contributed by atoms with Gasteiger partial charge in [-0.2, -0.15) is 13.2 Å². The Morgan fingerprint density at radius 1 is 1.11 bits per heavy atom. The van der Waals surface area contributed by atoms with E-state index >= 15 is 0 Å². The van der Waals surface area contributed by atoms with Crippen molar-refractivity contribution in [2.75, 3.05) is 27.4 Å². The summed E-state index contributed by atoms with van der Waals surface area (Å²) in [7, 11) is 2.93. The van der Waals surface area contributed by atoms with Gasteiger partial charge in [0.05, 0.1) is 30.7 Å². The number of nitro benzene ring substituents is 1. The van der Waals surface area contributed by atoms with Gasteiger partial charge in [0.2, 0.25) is 0 Å². The van der Waals surface area contributed by atoms with Gasteiger partial charge in [0, 0.05) is 17.6 Å². The zero-order valence-electron chi connectivity index (χ0n) is 20.3. The summed E-state index contributed by atoms with van der Waals surface area (Å²) in [6, 6.07) is 10.7. The molecule has 1 amide bonds. The van der Waals surface area contributed by atoms with Gasteiger partial charge >= 0.3 is 6.18 Å². The summed E-state index contributed by atoms with van der Waals surface area (Å²) in [5, 5.41) is 11.8. The number of carbonyl (C=O) groups is 1. The summed E-state index contributed by atoms with van der Waals surface area (Å²) < 4.78 is 56.2. The lowest BCUT2D eigenvalue weighted by atomic mass is 9.91. The van der Waals surface area contributed by atoms with E-state index in [-0.39, 0.29) is 29.5 Å². The van der Waals surface area contributed by atoms with E-state index in [1.807, 2.05) is 0 Å². The van der Waals surface area contributed by atoms with Crippen molar-refractivity contribution in [2.24, 2.45) is 0 Å². The number of halogens is 4. The molecule has 0 aliphatic carbocycles. The summed E-state index contributed by atoms with van der Waals surface area (Å²) in [5.41, 5.74) is -0.0951. The Morgan fingerprint density at radius 3 is 2.47 bits per heavy atom. The molecule has 0 saturated heterocycles. The highest BCUT2D eigenvalue weighted by Gasteiger charge is 2.36. The second kappa shape index (κ2) is 10.8. The van der Waals surface area contributed by atoms with Crippen molar-refractivity contribution in [3.63, 3.8) is 0 Å². The Balaban J connectivity index is 1.76. The highest BCUT2D eigenvalue weighted by Crippen LogP contribution is 2.40. The first-order valence-corrected chi connectivity index (χ1v) is 11.7. The van der Waals surface area contributed by atoms with E-state index in [4.69, 9.17) is 25.8 Å². The molecule has 3 aromatic carbocycles. The highest BCUT2D eigenvalue weighted by atomic mass is 35.5. The van der Waals surface area contributed by atoms with E-state index in [0.29, 0.717) is 23.5 Å². The third kappa shape index (κ3) is 5.47. The molecular weight excluding hydrogens is 529 g/mol. The van der Waals surface area contributed by atoms with Crippen LogP contribution in [0.5, 0.6) is 17.2 Å². The molecule has 0 saturated carbocycles. The Labute approximate surface area is 220 Å². The maximum absolute atomic E-state index is 13.7. The fourth-order valence-corrected chi connectivity index (χ4v) is 4.55. The molecule has 4 rings (SSSR count). The zero-order chi connectivity index (χ0) is 27.6. The molecule has 8 nitrogen and oxygen atoms in total. The van der Waals surface area contributed by atoms with E-state index in [1.165, 1.54) is 43.4 Å². The molecule has 0 bridgehead atoms. The van der Waals surface area contributed by atoms with Crippen LogP contribution in [0, 0.1) is 10.1 Å². The molecule has 0 N–H and O–H groups in total. The number of ether oxygens (including phenoxy) is 3. The first kappa shape index (κ1) is 27.1. The van der Waals surface area contributed by atoms with Crippen molar-refractivity contribution < 1.29 is 37.1 Å². The molecule has 1 aliphatic heterocycles. The number of carbonyl (C=O) groups excluding carboxylic acids is 1. The molecule has 0 radical (unpaired) electrons. The number of amides is 1. The van der Waals surface area contributed by atoms with Crippen molar-refractivity contribution in [3.05, 3.63) is 92.0 Å². The molecule has 3 aromatic rings. The molecule has 1 heterocycles. The SMILES string of the molecule is COc1cc2c(cc1OC)C(COc1cccc(C(F)(F)F)c1)N(C(=O)c1cc(Cl)ccc1[N+](=O)[O-])CC2. The third-order valence-electron chi connectivity index (χ3n) is 6.22. The fourth-order valence-electron chi connectivity index (χ4n) is 4.38. The number of hydrogen-bond acceptors (Lipinski definition) is 6. The van der Waals surface area contributed by atoms with Gasteiger partial charge in [0.25, 0.3) is 11.6 Å². The van der Waals surface area contributed by atoms with Crippen LogP contribution in [-0.4, -0.2) is 43.1 Å². The summed E-state index contributed by atoms with van der Waals surface area (Å²) in [6.07, 6.45) is -4.18. The average Bonchev–Trinajstić information content (AvgIpc) is 2.89. The Bertz CT molecular complexity index is 1380. The third-order valence-corrected chi connectivity index (χ3v) is 6.45. The lowest BCUT2D eigenvalue weighted by Gasteiger charge is -2.37. The number of fused-ring (bicyclic) bond motifs is 1. The van der Waals surface area contributed by atoms with E-state index in [1.54, 1.807) is 12.1 Å².